The summed E-state index contributed by atoms with van der Waals surface area (Å²) in [6, 6.07) is -5.49. The van der Waals surface area contributed by atoms with Gasteiger partial charge in [-0.3, -0.25) is 28.9 Å². The van der Waals surface area contributed by atoms with E-state index in [9.17, 15) is 29.1 Å². The van der Waals surface area contributed by atoms with Gasteiger partial charge in [0.1, 0.15) is 24.2 Å². The lowest BCUT2D eigenvalue weighted by Crippen LogP contribution is -2.64. The second kappa shape index (κ2) is 20.6. The summed E-state index contributed by atoms with van der Waals surface area (Å²) in [5.74, 6) is -2.68. The van der Waals surface area contributed by atoms with Crippen molar-refractivity contribution in [1.29, 1.82) is 0 Å². The molecule has 1 aliphatic carbocycles. The molecule has 48 heavy (non-hydrogen) atoms. The number of rotatable bonds is 11. The number of amides is 5. The molecule has 0 aromatic heterocycles. The maximum Gasteiger partial charge on any atom is 0.245 e. The first-order chi connectivity index (χ1) is 22.7. The predicted molar refractivity (Wildman–Crippen MR) is 183 cm³/mol. The number of likely N-dealkylation sites (N-methyl/N-ethyl adjacent to an activating group) is 1. The standard InChI is InChI=1S/C34H63N7O7/c1-8-9-16-41-20-22(4)36-32(45)28(23(5)42)38-30(43)25(19-35)37-33(46)29(24-13-11-10-12-14-24)39-31(44)27(18-21(2)3)40(6)34(47)26(41)15-17-48-7/h21-29,42H,8-20,35H2,1-7H3,(H,36,45)(H,37,46)(H,38,43)(H,39,44)/t22-,23+,25+,26+,27+,28+,29?/m1/s1. The van der Waals surface area contributed by atoms with Gasteiger partial charge in [0.15, 0.2) is 0 Å². The molecule has 1 aliphatic heterocycles. The molecule has 0 radical (unpaired) electrons. The summed E-state index contributed by atoms with van der Waals surface area (Å²) >= 11 is 0. The zero-order valence-electron chi connectivity index (χ0n) is 30.3. The Balaban J connectivity index is 2.66. The Morgan fingerprint density at radius 3 is 2.15 bits per heavy atom. The second-order valence-electron chi connectivity index (χ2n) is 14.1. The first-order valence-electron chi connectivity index (χ1n) is 17.8. The molecule has 0 spiro atoms. The van der Waals surface area contributed by atoms with Gasteiger partial charge in [-0.1, -0.05) is 46.5 Å². The monoisotopic (exact) mass is 681 g/mol. The molecule has 5 amide bonds. The molecule has 7 N–H and O–H groups in total. The molecule has 2 rings (SSSR count). The van der Waals surface area contributed by atoms with Crippen LogP contribution < -0.4 is 27.0 Å². The minimum Gasteiger partial charge on any atom is -0.391 e. The maximum atomic E-state index is 14.4. The summed E-state index contributed by atoms with van der Waals surface area (Å²) in [6.45, 7) is 10.1. The molecule has 1 saturated heterocycles. The van der Waals surface area contributed by atoms with E-state index in [-0.39, 0.29) is 24.3 Å². The highest BCUT2D eigenvalue weighted by Gasteiger charge is 2.39. The zero-order valence-corrected chi connectivity index (χ0v) is 30.3. The molecule has 2 aliphatic rings. The van der Waals surface area contributed by atoms with E-state index in [0.717, 1.165) is 44.9 Å². The fraction of sp³-hybridized carbons (Fsp3) is 0.853. The van der Waals surface area contributed by atoms with Gasteiger partial charge < -0.3 is 41.7 Å². The van der Waals surface area contributed by atoms with E-state index in [1.165, 1.54) is 11.8 Å². The molecule has 7 atom stereocenters. The van der Waals surface area contributed by atoms with Gasteiger partial charge in [-0.25, -0.2) is 0 Å². The highest BCUT2D eigenvalue weighted by Crippen LogP contribution is 2.27. The largest absolute Gasteiger partial charge is 0.391 e. The third-order valence-corrected chi connectivity index (χ3v) is 9.46. The molecule has 14 heteroatoms. The summed E-state index contributed by atoms with van der Waals surface area (Å²) in [4.78, 5) is 72.8. The van der Waals surface area contributed by atoms with Gasteiger partial charge in [0.25, 0.3) is 0 Å². The van der Waals surface area contributed by atoms with Gasteiger partial charge in [-0.2, -0.15) is 0 Å². The molecule has 2 fully saturated rings. The third-order valence-electron chi connectivity index (χ3n) is 9.46. The van der Waals surface area contributed by atoms with Crippen molar-refractivity contribution in [3.8, 4) is 0 Å². The first-order valence-corrected chi connectivity index (χ1v) is 17.8. The van der Waals surface area contributed by atoms with Crippen molar-refractivity contribution in [2.45, 2.75) is 135 Å². The predicted octanol–water partition coefficient (Wildman–Crippen LogP) is 0.259. The van der Waals surface area contributed by atoms with Crippen molar-refractivity contribution in [1.82, 2.24) is 31.1 Å². The summed E-state index contributed by atoms with van der Waals surface area (Å²) in [5.41, 5.74) is 5.93. The lowest BCUT2D eigenvalue weighted by molar-refractivity contribution is -0.145. The third kappa shape index (κ3) is 12.3. The van der Waals surface area contributed by atoms with Crippen LogP contribution in [0.2, 0.25) is 0 Å². The second-order valence-corrected chi connectivity index (χ2v) is 14.1. The summed E-state index contributed by atoms with van der Waals surface area (Å²) < 4.78 is 5.40. The van der Waals surface area contributed by atoms with Gasteiger partial charge in [0.05, 0.1) is 12.1 Å². The van der Waals surface area contributed by atoms with Crippen molar-refractivity contribution < 1.29 is 33.8 Å². The molecule has 0 aromatic rings. The van der Waals surface area contributed by atoms with Crippen molar-refractivity contribution >= 4 is 29.5 Å². The molecule has 14 nitrogen and oxygen atoms in total. The van der Waals surface area contributed by atoms with Crippen LogP contribution in [-0.4, -0.2) is 127 Å². The SMILES string of the molecule is CCCCN1C[C@@H](C)NC(=O)[C@H]([C@H](C)O)NC(=O)[C@H](CN)NC(=O)C(C2CCCCC2)NC(=O)[C@H](CC(C)C)N(C)C(=O)[C@@H]1CCOC. The van der Waals surface area contributed by atoms with Crippen LogP contribution in [0.1, 0.15) is 92.4 Å². The quantitative estimate of drug-likeness (QED) is 0.177. The number of hydrogen-bond donors (Lipinski definition) is 6. The number of aliphatic hydroxyl groups is 1. The zero-order chi connectivity index (χ0) is 36.0. The minimum absolute atomic E-state index is 0.0619. The normalized spacial score (nSPS) is 29.0. The highest BCUT2D eigenvalue weighted by molar-refractivity contribution is 5.96. The molecular formula is C34H63N7O7. The summed E-state index contributed by atoms with van der Waals surface area (Å²) in [7, 11) is 3.20. The number of carbonyl (C=O) groups is 5. The number of ether oxygens (including phenoxy) is 1. The van der Waals surface area contributed by atoms with Gasteiger partial charge in [0, 0.05) is 39.9 Å². The highest BCUT2D eigenvalue weighted by atomic mass is 16.5. The molecule has 276 valence electrons. The Kier molecular flexibility index (Phi) is 17.8. The first kappa shape index (κ1) is 41.4. The van der Waals surface area contributed by atoms with Crippen LogP contribution in [0.5, 0.6) is 0 Å². The van der Waals surface area contributed by atoms with Gasteiger partial charge in [-0.05, 0) is 64.3 Å². The Labute approximate surface area is 287 Å². The Morgan fingerprint density at radius 1 is 0.917 bits per heavy atom. The number of carbonyl (C=O) groups excluding carboxylic acids is 5. The number of nitrogens with one attached hydrogen (secondary N) is 4. The Morgan fingerprint density at radius 2 is 1.58 bits per heavy atom. The van der Waals surface area contributed by atoms with Crippen LogP contribution in [0.15, 0.2) is 0 Å². The smallest absolute Gasteiger partial charge is 0.245 e. The van der Waals surface area contributed by atoms with Crippen molar-refractivity contribution in [3.63, 3.8) is 0 Å². The molecule has 1 unspecified atom stereocenters. The average molecular weight is 682 g/mol. The van der Waals surface area contributed by atoms with Crippen LogP contribution in [0.25, 0.3) is 0 Å². The van der Waals surface area contributed by atoms with E-state index < -0.39 is 66.0 Å². The van der Waals surface area contributed by atoms with Crippen molar-refractivity contribution in [2.24, 2.45) is 17.6 Å². The number of nitrogens with two attached hydrogens (primary N) is 1. The van der Waals surface area contributed by atoms with Crippen LogP contribution in [0.4, 0.5) is 0 Å². The maximum absolute atomic E-state index is 14.4. The molecule has 0 bridgehead atoms. The van der Waals surface area contributed by atoms with E-state index in [1.807, 2.05) is 18.7 Å². The van der Waals surface area contributed by atoms with E-state index in [2.05, 4.69) is 28.2 Å². The Bertz CT molecular complexity index is 1050. The van der Waals surface area contributed by atoms with Crippen LogP contribution >= 0.6 is 0 Å². The van der Waals surface area contributed by atoms with E-state index in [1.54, 1.807) is 21.1 Å². The fourth-order valence-electron chi connectivity index (χ4n) is 6.70. The average Bonchev–Trinajstić information content (AvgIpc) is 3.04. The summed E-state index contributed by atoms with van der Waals surface area (Å²) in [6.07, 6.45) is 5.41. The lowest BCUT2D eigenvalue weighted by Gasteiger charge is -2.39. The van der Waals surface area contributed by atoms with E-state index >= 15 is 0 Å². The minimum atomic E-state index is -1.32. The fourth-order valence-corrected chi connectivity index (χ4v) is 6.70. The van der Waals surface area contributed by atoms with Crippen LogP contribution in [0.3, 0.4) is 0 Å². The van der Waals surface area contributed by atoms with E-state index in [4.69, 9.17) is 10.5 Å². The Hall–Kier alpha value is -2.81. The van der Waals surface area contributed by atoms with Crippen molar-refractivity contribution in [2.75, 3.05) is 40.4 Å². The van der Waals surface area contributed by atoms with Crippen LogP contribution in [0, 0.1) is 11.8 Å². The lowest BCUT2D eigenvalue weighted by atomic mass is 9.83. The molecule has 1 heterocycles. The summed E-state index contributed by atoms with van der Waals surface area (Å²) in [5, 5.41) is 21.6. The number of unbranched alkanes of at least 4 members (excludes halogenated alkanes) is 1. The van der Waals surface area contributed by atoms with Gasteiger partial charge in [-0.15, -0.1) is 0 Å². The van der Waals surface area contributed by atoms with Gasteiger partial charge in [0.2, 0.25) is 29.5 Å². The van der Waals surface area contributed by atoms with E-state index in [0.29, 0.717) is 32.5 Å². The molecule has 0 aromatic carbocycles. The number of nitrogens with zero attached hydrogens (tertiary/aromatic N) is 2. The number of aliphatic hydroxyl groups excluding tert-OH is 1. The van der Waals surface area contributed by atoms with Crippen molar-refractivity contribution in [3.05, 3.63) is 0 Å². The topological polar surface area (TPSA) is 195 Å². The number of hydrogen-bond acceptors (Lipinski definition) is 9. The van der Waals surface area contributed by atoms with Crippen LogP contribution in [-0.2, 0) is 28.7 Å². The molecular weight excluding hydrogens is 618 g/mol. The molecule has 1 saturated carbocycles. The van der Waals surface area contributed by atoms with Gasteiger partial charge >= 0.3 is 0 Å². The number of methoxy groups -OCH3 is 1.